The van der Waals surface area contributed by atoms with Gasteiger partial charge in [-0.15, -0.1) is 0 Å². The smallest absolute Gasteiger partial charge is 0.246 e. The predicted molar refractivity (Wildman–Crippen MR) is 75.0 cm³/mol. The molecule has 2 rings (SSSR count). The summed E-state index contributed by atoms with van der Waals surface area (Å²) in [4.78, 5) is 8.13. The molecule has 0 radical (unpaired) electrons. The Morgan fingerprint density at radius 1 is 1.30 bits per heavy atom. The summed E-state index contributed by atoms with van der Waals surface area (Å²) >= 11 is 0. The first-order valence-corrected chi connectivity index (χ1v) is 8.09. The van der Waals surface area contributed by atoms with Gasteiger partial charge in [-0.3, -0.25) is 0 Å². The lowest BCUT2D eigenvalue weighted by atomic mass is 10.3. The minimum Gasteiger partial charge on any atom is -0.373 e. The molecule has 8 heteroatoms. The quantitative estimate of drug-likeness (QED) is 0.881. The van der Waals surface area contributed by atoms with Crippen molar-refractivity contribution in [1.29, 1.82) is 0 Å². The summed E-state index contributed by atoms with van der Waals surface area (Å²) in [7, 11) is -3.56. The van der Waals surface area contributed by atoms with Gasteiger partial charge in [-0.1, -0.05) is 0 Å². The molecule has 7 nitrogen and oxygen atoms in total. The van der Waals surface area contributed by atoms with E-state index in [1.165, 1.54) is 16.7 Å². The number of rotatable bonds is 4. The molecule has 1 aromatic rings. The van der Waals surface area contributed by atoms with Crippen molar-refractivity contribution in [2.24, 2.45) is 0 Å². The van der Waals surface area contributed by atoms with Crippen LogP contribution in [0, 0.1) is 0 Å². The highest BCUT2D eigenvalue weighted by molar-refractivity contribution is 7.89. The average molecular weight is 300 g/mol. The third kappa shape index (κ3) is 3.25. The van der Waals surface area contributed by atoms with Gasteiger partial charge in [-0.05, 0) is 20.8 Å². The number of morpholine rings is 1. The number of hydrogen-bond acceptors (Lipinski definition) is 6. The Hall–Kier alpha value is -1.25. The molecule has 0 aliphatic carbocycles. The van der Waals surface area contributed by atoms with E-state index in [0.717, 1.165) is 0 Å². The minimum atomic E-state index is -3.56. The zero-order chi connectivity index (χ0) is 14.8. The Morgan fingerprint density at radius 3 is 2.35 bits per heavy atom. The Labute approximate surface area is 119 Å². The summed E-state index contributed by atoms with van der Waals surface area (Å²) in [5.41, 5.74) is 0. The van der Waals surface area contributed by atoms with Crippen LogP contribution in [0.15, 0.2) is 17.3 Å². The van der Waals surface area contributed by atoms with Crippen molar-refractivity contribution < 1.29 is 13.2 Å². The second-order valence-corrected chi connectivity index (χ2v) is 6.79. The van der Waals surface area contributed by atoms with Gasteiger partial charge < -0.3 is 10.1 Å². The lowest BCUT2D eigenvalue weighted by Gasteiger charge is -2.34. The van der Waals surface area contributed by atoms with E-state index in [9.17, 15) is 8.42 Å². The molecule has 0 bridgehead atoms. The van der Waals surface area contributed by atoms with Gasteiger partial charge in [0.1, 0.15) is 4.90 Å². The van der Waals surface area contributed by atoms with Gasteiger partial charge in [0, 0.05) is 19.6 Å². The highest BCUT2D eigenvalue weighted by Crippen LogP contribution is 2.20. The SMILES string of the molecule is CCNc1ncc(S(=O)(=O)N2C[C@@H](C)O[C@@H](C)C2)cn1. The summed E-state index contributed by atoms with van der Waals surface area (Å²) in [5, 5.41) is 2.93. The normalized spacial score (nSPS) is 24.6. The lowest BCUT2D eigenvalue weighted by Crippen LogP contribution is -2.48. The van der Waals surface area contributed by atoms with Crippen LogP contribution in [0.25, 0.3) is 0 Å². The molecule has 1 N–H and O–H groups in total. The van der Waals surface area contributed by atoms with E-state index < -0.39 is 10.0 Å². The van der Waals surface area contributed by atoms with Crippen LogP contribution in [0.1, 0.15) is 20.8 Å². The van der Waals surface area contributed by atoms with Crippen LogP contribution in [-0.2, 0) is 14.8 Å². The van der Waals surface area contributed by atoms with Crippen LogP contribution in [0.2, 0.25) is 0 Å². The number of hydrogen-bond donors (Lipinski definition) is 1. The van der Waals surface area contributed by atoms with Gasteiger partial charge in [-0.2, -0.15) is 4.31 Å². The predicted octanol–water partition coefficient (Wildman–Crippen LogP) is 0.706. The van der Waals surface area contributed by atoms with E-state index in [1.54, 1.807) is 0 Å². The third-order valence-electron chi connectivity index (χ3n) is 2.99. The Morgan fingerprint density at radius 2 is 1.85 bits per heavy atom. The van der Waals surface area contributed by atoms with E-state index in [0.29, 0.717) is 25.6 Å². The number of nitrogens with one attached hydrogen (secondary N) is 1. The standard InChI is InChI=1S/C12H20N4O3S/c1-4-13-12-14-5-11(6-15-12)20(17,18)16-7-9(2)19-10(3)8-16/h5-6,9-10H,4,7-8H2,1-3H3,(H,13,14,15)/t9-,10+. The molecule has 0 spiro atoms. The van der Waals surface area contributed by atoms with Gasteiger partial charge >= 0.3 is 0 Å². The maximum atomic E-state index is 12.5. The lowest BCUT2D eigenvalue weighted by molar-refractivity contribution is -0.0440. The van der Waals surface area contributed by atoms with Gasteiger partial charge in [-0.25, -0.2) is 18.4 Å². The summed E-state index contributed by atoms with van der Waals surface area (Å²) < 4.78 is 32.0. The van der Waals surface area contributed by atoms with Gasteiger partial charge in [0.05, 0.1) is 24.6 Å². The molecule has 2 heterocycles. The van der Waals surface area contributed by atoms with Crippen molar-refractivity contribution in [3.63, 3.8) is 0 Å². The largest absolute Gasteiger partial charge is 0.373 e. The maximum Gasteiger partial charge on any atom is 0.246 e. The third-order valence-corrected chi connectivity index (χ3v) is 4.77. The van der Waals surface area contributed by atoms with Crippen molar-refractivity contribution >= 4 is 16.0 Å². The zero-order valence-corrected chi connectivity index (χ0v) is 12.7. The summed E-state index contributed by atoms with van der Waals surface area (Å²) in [6, 6.07) is 0. The van der Waals surface area contributed by atoms with Crippen LogP contribution >= 0.6 is 0 Å². The van der Waals surface area contributed by atoms with Crippen molar-refractivity contribution in [2.75, 3.05) is 25.0 Å². The molecule has 0 unspecified atom stereocenters. The van der Waals surface area contributed by atoms with E-state index in [4.69, 9.17) is 4.74 Å². The zero-order valence-electron chi connectivity index (χ0n) is 11.9. The first-order valence-electron chi connectivity index (χ1n) is 6.65. The number of anilines is 1. The van der Waals surface area contributed by atoms with E-state index in [-0.39, 0.29) is 17.1 Å². The monoisotopic (exact) mass is 300 g/mol. The van der Waals surface area contributed by atoms with E-state index in [2.05, 4.69) is 15.3 Å². The first-order chi connectivity index (χ1) is 9.43. The molecular weight excluding hydrogens is 280 g/mol. The topological polar surface area (TPSA) is 84.4 Å². The highest BCUT2D eigenvalue weighted by atomic mass is 32.2. The molecule has 1 aromatic heterocycles. The number of sulfonamides is 1. The molecule has 20 heavy (non-hydrogen) atoms. The van der Waals surface area contributed by atoms with Crippen molar-refractivity contribution in [3.8, 4) is 0 Å². The van der Waals surface area contributed by atoms with Gasteiger partial charge in [0.15, 0.2) is 0 Å². The molecule has 112 valence electrons. The average Bonchev–Trinajstić information content (AvgIpc) is 2.38. The van der Waals surface area contributed by atoms with Crippen LogP contribution in [0.4, 0.5) is 5.95 Å². The molecule has 0 aromatic carbocycles. The van der Waals surface area contributed by atoms with Crippen LogP contribution in [0.5, 0.6) is 0 Å². The number of nitrogens with zero attached hydrogens (tertiary/aromatic N) is 3. The van der Waals surface area contributed by atoms with Crippen LogP contribution in [-0.4, -0.2) is 54.5 Å². The second-order valence-electron chi connectivity index (χ2n) is 4.85. The number of aromatic nitrogens is 2. The fourth-order valence-corrected chi connectivity index (χ4v) is 3.66. The molecule has 0 amide bonds. The van der Waals surface area contributed by atoms with Crippen LogP contribution in [0.3, 0.4) is 0 Å². The molecular formula is C12H20N4O3S. The molecule has 2 atom stereocenters. The second kappa shape index (κ2) is 6.02. The number of ether oxygens (including phenoxy) is 1. The van der Waals surface area contributed by atoms with Crippen molar-refractivity contribution in [2.45, 2.75) is 37.9 Å². The van der Waals surface area contributed by atoms with E-state index in [1.807, 2.05) is 20.8 Å². The molecule has 1 aliphatic rings. The van der Waals surface area contributed by atoms with E-state index >= 15 is 0 Å². The minimum absolute atomic E-state index is 0.112. The first kappa shape index (κ1) is 15.1. The Kier molecular flexibility index (Phi) is 4.56. The Bertz CT molecular complexity index is 536. The molecule has 1 aliphatic heterocycles. The molecule has 1 fully saturated rings. The van der Waals surface area contributed by atoms with Gasteiger partial charge in [0.25, 0.3) is 0 Å². The molecule has 0 saturated carbocycles. The van der Waals surface area contributed by atoms with Crippen molar-refractivity contribution in [3.05, 3.63) is 12.4 Å². The fraction of sp³-hybridized carbons (Fsp3) is 0.667. The maximum absolute atomic E-state index is 12.5. The highest BCUT2D eigenvalue weighted by Gasteiger charge is 2.32. The van der Waals surface area contributed by atoms with Crippen LogP contribution < -0.4 is 5.32 Å². The fourth-order valence-electron chi connectivity index (χ4n) is 2.17. The van der Waals surface area contributed by atoms with Crippen molar-refractivity contribution in [1.82, 2.24) is 14.3 Å². The summed E-state index contributed by atoms with van der Waals surface area (Å²) in [6.07, 6.45) is 2.45. The Balaban J connectivity index is 2.21. The van der Waals surface area contributed by atoms with Gasteiger partial charge in [0.2, 0.25) is 16.0 Å². The summed E-state index contributed by atoms with van der Waals surface area (Å²) in [5.74, 6) is 0.426. The molecule has 1 saturated heterocycles. The summed E-state index contributed by atoms with van der Waals surface area (Å²) in [6.45, 7) is 7.03.